The van der Waals surface area contributed by atoms with Crippen molar-refractivity contribution in [3.63, 3.8) is 0 Å². The molecule has 0 amide bonds. The summed E-state index contributed by atoms with van der Waals surface area (Å²) < 4.78 is 15.5. The first-order valence-corrected chi connectivity index (χ1v) is 17.5. The first-order chi connectivity index (χ1) is 25.3. The second-order valence-corrected chi connectivity index (χ2v) is 13.7. The lowest BCUT2D eigenvalue weighted by Gasteiger charge is -2.12. The molecule has 0 aliphatic carbocycles. The van der Waals surface area contributed by atoms with Crippen LogP contribution in [0.25, 0.3) is 109 Å². The number of hydrogen-bond donors (Lipinski definition) is 0. The van der Waals surface area contributed by atoms with Gasteiger partial charge in [0.2, 0.25) is 0 Å². The smallest absolute Gasteiger partial charge is 0.161 e. The molecule has 0 unspecified atom stereocenters. The van der Waals surface area contributed by atoms with E-state index >= 15 is 0 Å². The van der Waals surface area contributed by atoms with Gasteiger partial charge in [0.05, 0.1) is 15.9 Å². The molecule has 0 saturated carbocycles. The fourth-order valence-corrected chi connectivity index (χ4v) is 8.53. The zero-order valence-electron chi connectivity index (χ0n) is 26.9. The highest BCUT2D eigenvalue weighted by molar-refractivity contribution is 7.26. The van der Waals surface area contributed by atoms with Crippen molar-refractivity contribution in [2.24, 2.45) is 0 Å². The van der Waals surface area contributed by atoms with Gasteiger partial charge >= 0.3 is 0 Å². The van der Waals surface area contributed by atoms with Crippen molar-refractivity contribution in [1.82, 2.24) is 19.9 Å². The molecule has 0 bridgehead atoms. The number of thiophene rings is 1. The third kappa shape index (κ3) is 4.35. The molecule has 0 aliphatic rings. The van der Waals surface area contributed by atoms with E-state index in [0.29, 0.717) is 0 Å². The summed E-state index contributed by atoms with van der Waals surface area (Å²) in [5, 5.41) is 3.11. The molecule has 238 valence electrons. The Bertz CT molecular complexity index is 3030. The van der Waals surface area contributed by atoms with E-state index in [1.54, 1.807) is 11.3 Å². The molecule has 0 radical (unpaired) electrons. The number of nitrogens with zero attached hydrogens (tertiary/aromatic N) is 4. The summed E-state index contributed by atoms with van der Waals surface area (Å²) in [6, 6.07) is 41.6. The van der Waals surface area contributed by atoms with Gasteiger partial charge in [-0.15, -0.1) is 11.3 Å². The second-order valence-electron chi connectivity index (χ2n) is 12.6. The zero-order chi connectivity index (χ0) is 33.5. The second kappa shape index (κ2) is 10.9. The topological polar surface area (TPSA) is 77.8 Å². The molecule has 0 atom stereocenters. The van der Waals surface area contributed by atoms with Crippen LogP contribution in [-0.4, -0.2) is 19.9 Å². The van der Waals surface area contributed by atoms with Crippen LogP contribution in [0.3, 0.4) is 0 Å². The summed E-state index contributed by atoms with van der Waals surface area (Å²) in [6.45, 7) is 0. The first kappa shape index (κ1) is 28.2. The van der Waals surface area contributed by atoms with Crippen LogP contribution in [0.15, 0.2) is 155 Å². The maximum atomic E-state index is 6.62. The van der Waals surface area contributed by atoms with Crippen LogP contribution in [0.4, 0.5) is 0 Å². The van der Waals surface area contributed by atoms with Crippen molar-refractivity contribution in [2.45, 2.75) is 0 Å². The van der Waals surface area contributed by atoms with E-state index in [9.17, 15) is 0 Å². The Kier molecular flexibility index (Phi) is 6.02. The number of rotatable bonds is 4. The molecule has 6 nitrogen and oxygen atoms in total. The third-order valence-corrected chi connectivity index (χ3v) is 10.9. The molecule has 0 N–H and O–H groups in total. The predicted octanol–water partition coefficient (Wildman–Crippen LogP) is 12.1. The van der Waals surface area contributed by atoms with E-state index in [2.05, 4.69) is 65.6 Å². The lowest BCUT2D eigenvalue weighted by atomic mass is 9.93. The van der Waals surface area contributed by atoms with Gasteiger partial charge in [0.25, 0.3) is 0 Å². The Morgan fingerprint density at radius 2 is 1.02 bits per heavy atom. The van der Waals surface area contributed by atoms with Crippen molar-refractivity contribution in [2.75, 3.05) is 0 Å². The van der Waals surface area contributed by atoms with Crippen molar-refractivity contribution in [1.29, 1.82) is 0 Å². The molecule has 7 aromatic heterocycles. The van der Waals surface area contributed by atoms with E-state index in [0.717, 1.165) is 104 Å². The van der Waals surface area contributed by atoms with Gasteiger partial charge in [0.1, 0.15) is 22.2 Å². The maximum absolute atomic E-state index is 6.62. The van der Waals surface area contributed by atoms with Crippen LogP contribution in [-0.2, 0) is 0 Å². The van der Waals surface area contributed by atoms with Gasteiger partial charge in [0.15, 0.2) is 11.2 Å². The van der Waals surface area contributed by atoms with E-state index in [1.807, 2.05) is 85.5 Å². The SMILES string of the molecule is c1ccc(-c2ccc3oc4c(-c5cc(-c6ccnc7c6oc6ccccc67)cc(-c6ccnc7c6sc6ccccc67)c5)ccnc4c3c2)nc1. The summed E-state index contributed by atoms with van der Waals surface area (Å²) in [7, 11) is 0. The Morgan fingerprint density at radius 1 is 0.412 bits per heavy atom. The molecule has 51 heavy (non-hydrogen) atoms. The van der Waals surface area contributed by atoms with Gasteiger partial charge < -0.3 is 8.83 Å². The highest BCUT2D eigenvalue weighted by Crippen LogP contribution is 2.44. The number of para-hydroxylation sites is 1. The maximum Gasteiger partial charge on any atom is 0.161 e. The van der Waals surface area contributed by atoms with Gasteiger partial charge in [-0.05, 0) is 102 Å². The highest BCUT2D eigenvalue weighted by Gasteiger charge is 2.20. The van der Waals surface area contributed by atoms with Crippen LogP contribution >= 0.6 is 11.3 Å². The molecule has 0 spiro atoms. The van der Waals surface area contributed by atoms with Crippen LogP contribution in [0, 0.1) is 0 Å². The number of pyridine rings is 4. The van der Waals surface area contributed by atoms with E-state index in [1.165, 1.54) is 4.70 Å². The Morgan fingerprint density at radius 3 is 1.76 bits per heavy atom. The molecule has 11 aromatic rings. The number of fused-ring (bicyclic) bond motifs is 9. The molecule has 0 saturated heterocycles. The minimum Gasteiger partial charge on any atom is -0.454 e. The average molecular weight is 673 g/mol. The first-order valence-electron chi connectivity index (χ1n) is 16.7. The average Bonchev–Trinajstić information content (AvgIpc) is 3.89. The van der Waals surface area contributed by atoms with Gasteiger partial charge in [-0.1, -0.05) is 36.4 Å². The van der Waals surface area contributed by atoms with Gasteiger partial charge in [-0.2, -0.15) is 0 Å². The fourth-order valence-electron chi connectivity index (χ4n) is 7.34. The van der Waals surface area contributed by atoms with Crippen LogP contribution < -0.4 is 0 Å². The van der Waals surface area contributed by atoms with E-state index in [-0.39, 0.29) is 0 Å². The highest BCUT2D eigenvalue weighted by atomic mass is 32.1. The number of hydrogen-bond acceptors (Lipinski definition) is 7. The van der Waals surface area contributed by atoms with Gasteiger partial charge in [-0.3, -0.25) is 19.9 Å². The zero-order valence-corrected chi connectivity index (χ0v) is 27.7. The minimum absolute atomic E-state index is 0.735. The summed E-state index contributed by atoms with van der Waals surface area (Å²) >= 11 is 1.77. The summed E-state index contributed by atoms with van der Waals surface area (Å²) in [5.74, 6) is 0. The molecular weight excluding hydrogens is 649 g/mol. The monoisotopic (exact) mass is 672 g/mol. The Labute approximate surface area is 294 Å². The summed E-state index contributed by atoms with van der Waals surface area (Å²) in [6.07, 6.45) is 7.46. The number of furan rings is 2. The number of aromatic nitrogens is 4. The van der Waals surface area contributed by atoms with Crippen LogP contribution in [0.2, 0.25) is 0 Å². The quantitative estimate of drug-likeness (QED) is 0.185. The normalized spacial score (nSPS) is 11.9. The van der Waals surface area contributed by atoms with E-state index < -0.39 is 0 Å². The lowest BCUT2D eigenvalue weighted by Crippen LogP contribution is -1.89. The Balaban J connectivity index is 1.18. The van der Waals surface area contributed by atoms with Crippen molar-refractivity contribution < 1.29 is 8.83 Å². The van der Waals surface area contributed by atoms with Gasteiger partial charge in [0, 0.05) is 67.9 Å². The molecule has 11 rings (SSSR count). The third-order valence-electron chi connectivity index (χ3n) is 9.70. The van der Waals surface area contributed by atoms with Crippen LogP contribution in [0.5, 0.6) is 0 Å². The van der Waals surface area contributed by atoms with Gasteiger partial charge in [-0.25, -0.2) is 0 Å². The summed E-state index contributed by atoms with van der Waals surface area (Å²) in [4.78, 5) is 19.0. The predicted molar refractivity (Wildman–Crippen MR) is 207 cm³/mol. The van der Waals surface area contributed by atoms with Crippen LogP contribution in [0.1, 0.15) is 0 Å². The molecular formula is C44H24N4O2S. The number of benzene rings is 4. The fraction of sp³-hybridized carbons (Fsp3) is 0. The van der Waals surface area contributed by atoms with Crippen molar-refractivity contribution in [3.8, 4) is 44.6 Å². The molecule has 7 heterocycles. The van der Waals surface area contributed by atoms with E-state index in [4.69, 9.17) is 23.8 Å². The molecule has 0 aliphatic heterocycles. The molecule has 7 heteroatoms. The molecule has 4 aromatic carbocycles. The molecule has 0 fully saturated rings. The minimum atomic E-state index is 0.735. The summed E-state index contributed by atoms with van der Waals surface area (Å²) in [5.41, 5.74) is 13.8. The lowest BCUT2D eigenvalue weighted by molar-refractivity contribution is 0.669. The van der Waals surface area contributed by atoms with Crippen molar-refractivity contribution >= 4 is 75.8 Å². The van der Waals surface area contributed by atoms with Crippen molar-refractivity contribution in [3.05, 3.63) is 146 Å². The Hall–Kier alpha value is -6.70. The largest absolute Gasteiger partial charge is 0.454 e. The standard InChI is InChI=1S/C44H24N4O2S/c1-3-10-36-32(7-1)39-42(49-36)29(14-18-46-39)26-21-27(23-28(22-26)31-16-20-48-41-33-8-2-4-11-38(33)51-44(31)41)30-15-19-47-40-34-24-25(35-9-5-6-17-45-35)12-13-37(34)50-43(30)40/h1-24H.